The Labute approximate surface area is 126 Å². The Hall–Kier alpha value is -2.01. The SMILES string of the molecule is COc1cc(OC)c(NCc2c(F)cccc2F)cc1Cl. The minimum Gasteiger partial charge on any atom is -0.495 e. The van der Waals surface area contributed by atoms with Crippen LogP contribution in [0.2, 0.25) is 5.02 Å². The lowest BCUT2D eigenvalue weighted by molar-refractivity contribution is 0.395. The van der Waals surface area contributed by atoms with E-state index in [2.05, 4.69) is 5.32 Å². The molecular formula is C15H14ClF2NO2. The molecule has 0 amide bonds. The fourth-order valence-corrected chi connectivity index (χ4v) is 2.12. The predicted molar refractivity (Wildman–Crippen MR) is 78.2 cm³/mol. The van der Waals surface area contributed by atoms with E-state index in [1.165, 1.54) is 32.4 Å². The summed E-state index contributed by atoms with van der Waals surface area (Å²) in [6, 6.07) is 6.91. The maximum Gasteiger partial charge on any atom is 0.145 e. The van der Waals surface area contributed by atoms with E-state index in [0.29, 0.717) is 22.2 Å². The van der Waals surface area contributed by atoms with Gasteiger partial charge in [0.2, 0.25) is 0 Å². The second kappa shape index (κ2) is 6.63. The van der Waals surface area contributed by atoms with Crippen molar-refractivity contribution in [1.29, 1.82) is 0 Å². The monoisotopic (exact) mass is 313 g/mol. The Balaban J connectivity index is 2.26. The Morgan fingerprint density at radius 3 is 2.24 bits per heavy atom. The van der Waals surface area contributed by atoms with Crippen molar-refractivity contribution in [2.24, 2.45) is 0 Å². The van der Waals surface area contributed by atoms with Gasteiger partial charge < -0.3 is 14.8 Å². The van der Waals surface area contributed by atoms with Gasteiger partial charge in [0.15, 0.2) is 0 Å². The molecule has 0 atom stereocenters. The van der Waals surface area contributed by atoms with Gasteiger partial charge in [-0.15, -0.1) is 0 Å². The van der Waals surface area contributed by atoms with E-state index >= 15 is 0 Å². The van der Waals surface area contributed by atoms with Crippen LogP contribution in [0.15, 0.2) is 30.3 Å². The summed E-state index contributed by atoms with van der Waals surface area (Å²) in [7, 11) is 2.97. The molecule has 0 unspecified atom stereocenters. The molecule has 0 spiro atoms. The van der Waals surface area contributed by atoms with Gasteiger partial charge in [-0.05, 0) is 18.2 Å². The van der Waals surface area contributed by atoms with Gasteiger partial charge in [-0.1, -0.05) is 17.7 Å². The summed E-state index contributed by atoms with van der Waals surface area (Å²) >= 11 is 6.03. The molecule has 0 heterocycles. The van der Waals surface area contributed by atoms with E-state index in [1.54, 1.807) is 12.1 Å². The van der Waals surface area contributed by atoms with Crippen molar-refractivity contribution in [3.63, 3.8) is 0 Å². The first-order valence-corrected chi connectivity index (χ1v) is 6.53. The van der Waals surface area contributed by atoms with Gasteiger partial charge in [0, 0.05) is 18.2 Å². The third-order valence-corrected chi connectivity index (χ3v) is 3.29. The van der Waals surface area contributed by atoms with E-state index in [0.717, 1.165) is 0 Å². The van der Waals surface area contributed by atoms with E-state index in [-0.39, 0.29) is 12.1 Å². The van der Waals surface area contributed by atoms with Crippen molar-refractivity contribution in [2.75, 3.05) is 19.5 Å². The van der Waals surface area contributed by atoms with Gasteiger partial charge in [0.1, 0.15) is 23.1 Å². The van der Waals surface area contributed by atoms with Crippen LogP contribution in [0.3, 0.4) is 0 Å². The van der Waals surface area contributed by atoms with Crippen molar-refractivity contribution in [2.45, 2.75) is 6.54 Å². The maximum atomic E-state index is 13.6. The average molecular weight is 314 g/mol. The number of rotatable bonds is 5. The van der Waals surface area contributed by atoms with E-state index < -0.39 is 11.6 Å². The molecule has 0 saturated heterocycles. The van der Waals surface area contributed by atoms with Crippen LogP contribution in [0.1, 0.15) is 5.56 Å². The van der Waals surface area contributed by atoms with Gasteiger partial charge >= 0.3 is 0 Å². The number of anilines is 1. The van der Waals surface area contributed by atoms with E-state index in [1.807, 2.05) is 0 Å². The minimum atomic E-state index is -0.610. The zero-order chi connectivity index (χ0) is 15.4. The second-order valence-electron chi connectivity index (χ2n) is 4.24. The summed E-state index contributed by atoms with van der Waals surface area (Å²) in [5, 5.41) is 3.28. The van der Waals surface area contributed by atoms with Crippen LogP contribution >= 0.6 is 11.6 Å². The standard InChI is InChI=1S/C15H14ClF2NO2/c1-20-14-7-15(21-2)13(6-10(14)16)19-8-9-11(17)4-3-5-12(9)18/h3-7,19H,8H2,1-2H3. The molecule has 0 aliphatic carbocycles. The second-order valence-corrected chi connectivity index (χ2v) is 4.65. The number of halogens is 3. The summed E-state index contributed by atoms with van der Waals surface area (Å²) in [5.74, 6) is -0.300. The fourth-order valence-electron chi connectivity index (χ4n) is 1.88. The van der Waals surface area contributed by atoms with Crippen molar-refractivity contribution in [1.82, 2.24) is 0 Å². The molecule has 1 N–H and O–H groups in total. The molecule has 0 radical (unpaired) electrons. The van der Waals surface area contributed by atoms with E-state index in [9.17, 15) is 8.78 Å². The molecule has 6 heteroatoms. The molecule has 2 aromatic carbocycles. The maximum absolute atomic E-state index is 13.6. The number of hydrogen-bond acceptors (Lipinski definition) is 3. The molecule has 0 aliphatic rings. The third-order valence-electron chi connectivity index (χ3n) is 2.99. The topological polar surface area (TPSA) is 30.5 Å². The number of methoxy groups -OCH3 is 2. The normalized spacial score (nSPS) is 10.3. The number of ether oxygens (including phenoxy) is 2. The van der Waals surface area contributed by atoms with Gasteiger partial charge in [0.05, 0.1) is 24.9 Å². The molecule has 112 valence electrons. The van der Waals surface area contributed by atoms with Crippen LogP contribution in [0.5, 0.6) is 11.5 Å². The zero-order valence-corrected chi connectivity index (χ0v) is 12.3. The van der Waals surface area contributed by atoms with Crippen molar-refractivity contribution in [3.05, 3.63) is 52.6 Å². The number of nitrogens with one attached hydrogen (secondary N) is 1. The van der Waals surface area contributed by atoms with Crippen LogP contribution in [-0.4, -0.2) is 14.2 Å². The molecule has 0 aliphatic heterocycles. The van der Waals surface area contributed by atoms with Crippen LogP contribution in [-0.2, 0) is 6.54 Å². The first-order chi connectivity index (χ1) is 10.1. The first kappa shape index (κ1) is 15.4. The van der Waals surface area contributed by atoms with Crippen LogP contribution in [0, 0.1) is 11.6 Å². The third kappa shape index (κ3) is 3.36. The van der Waals surface area contributed by atoms with E-state index in [4.69, 9.17) is 21.1 Å². The summed E-state index contributed by atoms with van der Waals surface area (Å²) < 4.78 is 37.4. The summed E-state index contributed by atoms with van der Waals surface area (Å²) in [6.45, 7) is -0.0302. The fraction of sp³-hybridized carbons (Fsp3) is 0.200. The Morgan fingerprint density at radius 1 is 1.05 bits per heavy atom. The zero-order valence-electron chi connectivity index (χ0n) is 11.5. The number of hydrogen-bond donors (Lipinski definition) is 1. The van der Waals surface area contributed by atoms with Gasteiger partial charge in [-0.25, -0.2) is 8.78 Å². The summed E-state index contributed by atoms with van der Waals surface area (Å²) in [6.07, 6.45) is 0. The highest BCUT2D eigenvalue weighted by Gasteiger charge is 2.12. The molecule has 2 aromatic rings. The van der Waals surface area contributed by atoms with Crippen LogP contribution in [0.25, 0.3) is 0 Å². The lowest BCUT2D eigenvalue weighted by atomic mass is 10.2. The summed E-state index contributed by atoms with van der Waals surface area (Å²) in [5.41, 5.74) is 0.470. The molecule has 0 fully saturated rings. The van der Waals surface area contributed by atoms with Gasteiger partial charge in [-0.2, -0.15) is 0 Å². The molecular weight excluding hydrogens is 300 g/mol. The Morgan fingerprint density at radius 2 is 1.67 bits per heavy atom. The van der Waals surface area contributed by atoms with Crippen molar-refractivity contribution < 1.29 is 18.3 Å². The smallest absolute Gasteiger partial charge is 0.145 e. The highest BCUT2D eigenvalue weighted by atomic mass is 35.5. The minimum absolute atomic E-state index is 0.0302. The Bertz CT molecular complexity index is 630. The summed E-state index contributed by atoms with van der Waals surface area (Å²) in [4.78, 5) is 0. The predicted octanol–water partition coefficient (Wildman–Crippen LogP) is 4.25. The van der Waals surface area contributed by atoms with Crippen molar-refractivity contribution >= 4 is 17.3 Å². The van der Waals surface area contributed by atoms with Gasteiger partial charge in [-0.3, -0.25) is 0 Å². The molecule has 0 aromatic heterocycles. The molecule has 2 rings (SSSR count). The highest BCUT2D eigenvalue weighted by molar-refractivity contribution is 6.32. The molecule has 3 nitrogen and oxygen atoms in total. The lowest BCUT2D eigenvalue weighted by Gasteiger charge is -2.14. The quantitative estimate of drug-likeness (QED) is 0.895. The molecule has 21 heavy (non-hydrogen) atoms. The van der Waals surface area contributed by atoms with Gasteiger partial charge in [0.25, 0.3) is 0 Å². The molecule has 0 bridgehead atoms. The average Bonchev–Trinajstić information content (AvgIpc) is 2.47. The van der Waals surface area contributed by atoms with Crippen LogP contribution in [0.4, 0.5) is 14.5 Å². The lowest BCUT2D eigenvalue weighted by Crippen LogP contribution is -2.06. The van der Waals surface area contributed by atoms with Crippen molar-refractivity contribution in [3.8, 4) is 11.5 Å². The number of benzene rings is 2. The highest BCUT2D eigenvalue weighted by Crippen LogP contribution is 2.36. The first-order valence-electron chi connectivity index (χ1n) is 6.15. The Kier molecular flexibility index (Phi) is 4.85. The largest absolute Gasteiger partial charge is 0.495 e. The molecule has 0 saturated carbocycles. The van der Waals surface area contributed by atoms with Crippen LogP contribution < -0.4 is 14.8 Å².